The minimum atomic E-state index is -1.22. The van der Waals surface area contributed by atoms with E-state index in [9.17, 15) is 14.0 Å². The number of hydrogen-bond acceptors (Lipinski definition) is 2. The quantitative estimate of drug-likeness (QED) is 0.856. The molecule has 3 rings (SSSR count). The molecule has 0 heterocycles. The Balaban J connectivity index is 1.73. The summed E-state index contributed by atoms with van der Waals surface area (Å²) in [6.07, 6.45) is 2.81. The zero-order valence-corrected chi connectivity index (χ0v) is 13.0. The smallest absolute Gasteiger partial charge is 0.335 e. The lowest BCUT2D eigenvalue weighted by molar-refractivity contribution is 0.0695. The van der Waals surface area contributed by atoms with Gasteiger partial charge in [-0.05, 0) is 48.9 Å². The highest BCUT2D eigenvalue weighted by Crippen LogP contribution is 2.34. The number of amides is 1. The average Bonchev–Trinajstić information content (AvgIpc) is 3.39. The lowest BCUT2D eigenvalue weighted by Gasteiger charge is -2.19. The van der Waals surface area contributed by atoms with E-state index in [1.807, 2.05) is 30.3 Å². The molecule has 2 aromatic carbocycles. The zero-order valence-electron chi connectivity index (χ0n) is 13.0. The number of rotatable bonds is 6. The number of carboxylic acids is 1. The molecule has 0 aliphatic heterocycles. The summed E-state index contributed by atoms with van der Waals surface area (Å²) in [5.74, 6) is -2.13. The maximum atomic E-state index is 14.0. The Morgan fingerprint density at radius 2 is 1.88 bits per heavy atom. The maximum absolute atomic E-state index is 14.0. The molecule has 0 saturated heterocycles. The second-order valence-electron chi connectivity index (χ2n) is 6.11. The van der Waals surface area contributed by atoms with Gasteiger partial charge < -0.3 is 10.4 Å². The van der Waals surface area contributed by atoms with Crippen LogP contribution in [0.4, 0.5) is 4.39 Å². The van der Waals surface area contributed by atoms with Gasteiger partial charge in [0.1, 0.15) is 5.82 Å². The first kappa shape index (κ1) is 16.2. The van der Waals surface area contributed by atoms with Gasteiger partial charge in [0.2, 0.25) is 0 Å². The SMILES string of the molecule is O=C(O)c1ccc(C(=O)NC(Cc2ccccc2)C2CC2)c(F)c1. The van der Waals surface area contributed by atoms with Crippen LogP contribution in [0.5, 0.6) is 0 Å². The molecule has 2 aromatic rings. The standard InChI is InChI=1S/C19H18FNO3/c20-16-11-14(19(23)24)8-9-15(16)18(22)21-17(13-6-7-13)10-12-4-2-1-3-5-12/h1-5,8-9,11,13,17H,6-7,10H2,(H,21,22)(H,23,24). The molecule has 1 aliphatic rings. The highest BCUT2D eigenvalue weighted by Gasteiger charge is 2.32. The van der Waals surface area contributed by atoms with E-state index in [0.717, 1.165) is 24.5 Å². The Morgan fingerprint density at radius 3 is 2.46 bits per heavy atom. The highest BCUT2D eigenvalue weighted by molar-refractivity contribution is 5.96. The van der Waals surface area contributed by atoms with Gasteiger partial charge in [-0.2, -0.15) is 0 Å². The summed E-state index contributed by atoms with van der Waals surface area (Å²) >= 11 is 0. The fourth-order valence-electron chi connectivity index (χ4n) is 2.78. The second-order valence-corrected chi connectivity index (χ2v) is 6.11. The second kappa shape index (κ2) is 6.83. The fraction of sp³-hybridized carbons (Fsp3) is 0.263. The van der Waals surface area contributed by atoms with Gasteiger partial charge in [0.15, 0.2) is 0 Å². The van der Waals surface area contributed by atoms with Crippen LogP contribution in [-0.2, 0) is 6.42 Å². The van der Waals surface area contributed by atoms with E-state index in [1.54, 1.807) is 0 Å². The molecule has 5 heteroatoms. The van der Waals surface area contributed by atoms with Crippen molar-refractivity contribution in [3.63, 3.8) is 0 Å². The van der Waals surface area contributed by atoms with Gasteiger partial charge in [-0.3, -0.25) is 4.79 Å². The maximum Gasteiger partial charge on any atom is 0.335 e. The Hall–Kier alpha value is -2.69. The zero-order chi connectivity index (χ0) is 17.1. The Morgan fingerprint density at radius 1 is 1.17 bits per heavy atom. The van der Waals surface area contributed by atoms with E-state index in [2.05, 4.69) is 5.32 Å². The average molecular weight is 327 g/mol. The van der Waals surface area contributed by atoms with Crippen molar-refractivity contribution in [2.24, 2.45) is 5.92 Å². The first-order chi connectivity index (χ1) is 11.5. The minimum Gasteiger partial charge on any atom is -0.478 e. The van der Waals surface area contributed by atoms with Crippen LogP contribution >= 0.6 is 0 Å². The van der Waals surface area contributed by atoms with Gasteiger partial charge in [0.25, 0.3) is 5.91 Å². The monoisotopic (exact) mass is 327 g/mol. The van der Waals surface area contributed by atoms with Crippen molar-refractivity contribution >= 4 is 11.9 Å². The van der Waals surface area contributed by atoms with Crippen LogP contribution in [0.1, 0.15) is 39.1 Å². The topological polar surface area (TPSA) is 66.4 Å². The van der Waals surface area contributed by atoms with Crippen molar-refractivity contribution in [1.82, 2.24) is 5.32 Å². The molecule has 1 saturated carbocycles. The van der Waals surface area contributed by atoms with E-state index in [-0.39, 0.29) is 17.2 Å². The molecule has 1 amide bonds. The largest absolute Gasteiger partial charge is 0.478 e. The third kappa shape index (κ3) is 3.79. The molecular formula is C19H18FNO3. The number of halogens is 1. The van der Waals surface area contributed by atoms with Crippen LogP contribution < -0.4 is 5.32 Å². The molecular weight excluding hydrogens is 309 g/mol. The van der Waals surface area contributed by atoms with E-state index in [0.29, 0.717) is 12.3 Å². The summed E-state index contributed by atoms with van der Waals surface area (Å²) in [5, 5.41) is 11.8. The first-order valence-corrected chi connectivity index (χ1v) is 7.92. The molecule has 1 unspecified atom stereocenters. The summed E-state index contributed by atoms with van der Waals surface area (Å²) < 4.78 is 14.0. The molecule has 1 aliphatic carbocycles. The predicted molar refractivity (Wildman–Crippen MR) is 87.5 cm³/mol. The third-order valence-corrected chi connectivity index (χ3v) is 4.27. The molecule has 0 bridgehead atoms. The summed E-state index contributed by atoms with van der Waals surface area (Å²) in [6, 6.07) is 13.1. The van der Waals surface area contributed by atoms with Crippen LogP contribution in [-0.4, -0.2) is 23.0 Å². The van der Waals surface area contributed by atoms with Gasteiger partial charge >= 0.3 is 5.97 Å². The van der Waals surface area contributed by atoms with Gasteiger partial charge in [0.05, 0.1) is 11.1 Å². The molecule has 124 valence electrons. The van der Waals surface area contributed by atoms with E-state index in [4.69, 9.17) is 5.11 Å². The van der Waals surface area contributed by atoms with Crippen molar-refractivity contribution in [1.29, 1.82) is 0 Å². The van der Waals surface area contributed by atoms with Crippen molar-refractivity contribution in [2.75, 3.05) is 0 Å². The molecule has 1 atom stereocenters. The summed E-state index contributed by atoms with van der Waals surface area (Å²) in [5.41, 5.74) is 0.821. The molecule has 2 N–H and O–H groups in total. The molecule has 0 aromatic heterocycles. The first-order valence-electron chi connectivity index (χ1n) is 7.92. The van der Waals surface area contributed by atoms with Crippen LogP contribution in [0.25, 0.3) is 0 Å². The lowest BCUT2D eigenvalue weighted by atomic mass is 10.0. The number of carboxylic acid groups (broad SMARTS) is 1. The molecule has 24 heavy (non-hydrogen) atoms. The number of hydrogen-bond donors (Lipinski definition) is 2. The van der Waals surface area contributed by atoms with Gasteiger partial charge in [-0.15, -0.1) is 0 Å². The Labute approximate surface area is 139 Å². The van der Waals surface area contributed by atoms with Gasteiger partial charge in [-0.1, -0.05) is 30.3 Å². The molecule has 0 spiro atoms. The van der Waals surface area contributed by atoms with Crippen molar-refractivity contribution in [3.05, 3.63) is 71.0 Å². The molecule has 4 nitrogen and oxygen atoms in total. The Bertz CT molecular complexity index is 756. The number of benzene rings is 2. The van der Waals surface area contributed by atoms with E-state index < -0.39 is 17.7 Å². The van der Waals surface area contributed by atoms with E-state index in [1.165, 1.54) is 12.1 Å². The summed E-state index contributed by atoms with van der Waals surface area (Å²) in [4.78, 5) is 23.2. The summed E-state index contributed by atoms with van der Waals surface area (Å²) in [6.45, 7) is 0. The minimum absolute atomic E-state index is 0.0431. The normalized spacial score (nSPS) is 14.9. The highest BCUT2D eigenvalue weighted by atomic mass is 19.1. The number of nitrogens with one attached hydrogen (secondary N) is 1. The number of carbonyl (C=O) groups is 2. The lowest BCUT2D eigenvalue weighted by Crippen LogP contribution is -2.38. The van der Waals surface area contributed by atoms with Gasteiger partial charge in [0, 0.05) is 6.04 Å². The van der Waals surface area contributed by atoms with Crippen molar-refractivity contribution in [3.8, 4) is 0 Å². The van der Waals surface area contributed by atoms with Crippen LogP contribution in [0.2, 0.25) is 0 Å². The van der Waals surface area contributed by atoms with Crippen LogP contribution in [0.3, 0.4) is 0 Å². The van der Waals surface area contributed by atoms with Crippen molar-refractivity contribution < 1.29 is 19.1 Å². The van der Waals surface area contributed by atoms with Crippen LogP contribution in [0.15, 0.2) is 48.5 Å². The summed E-state index contributed by atoms with van der Waals surface area (Å²) in [7, 11) is 0. The van der Waals surface area contributed by atoms with Gasteiger partial charge in [-0.25, -0.2) is 9.18 Å². The number of aromatic carboxylic acids is 1. The van der Waals surface area contributed by atoms with Crippen molar-refractivity contribution in [2.45, 2.75) is 25.3 Å². The predicted octanol–water partition coefficient (Wildman–Crippen LogP) is 3.28. The van der Waals surface area contributed by atoms with Crippen LogP contribution in [0, 0.1) is 11.7 Å². The number of carbonyl (C=O) groups excluding carboxylic acids is 1. The third-order valence-electron chi connectivity index (χ3n) is 4.27. The fourth-order valence-corrected chi connectivity index (χ4v) is 2.78. The molecule has 1 fully saturated rings. The molecule has 0 radical (unpaired) electrons. The van der Waals surface area contributed by atoms with E-state index >= 15 is 0 Å². The Kier molecular flexibility index (Phi) is 4.60.